The molecule has 1 unspecified atom stereocenters. The maximum Gasteiger partial charge on any atom is 0.315 e. The second-order valence-corrected chi connectivity index (χ2v) is 12.5. The van der Waals surface area contributed by atoms with E-state index in [1.54, 1.807) is 0 Å². The lowest BCUT2D eigenvalue weighted by atomic mass is 10.0. The van der Waals surface area contributed by atoms with E-state index >= 15 is 0 Å². The van der Waals surface area contributed by atoms with Gasteiger partial charge in [-0.3, -0.25) is 10.2 Å². The van der Waals surface area contributed by atoms with Crippen molar-refractivity contribution in [3.63, 3.8) is 0 Å². The number of urea groups is 1. The second-order valence-electron chi connectivity index (χ2n) is 12.5. The first-order valence-corrected chi connectivity index (χ1v) is 18.4. The van der Waals surface area contributed by atoms with Crippen LogP contribution in [0.2, 0.25) is 0 Å². The highest BCUT2D eigenvalue weighted by molar-refractivity contribution is 5.87. The lowest BCUT2D eigenvalue weighted by Gasteiger charge is -2.19. The molecule has 0 spiro atoms. The van der Waals surface area contributed by atoms with E-state index < -0.39 is 6.04 Å². The molecule has 262 valence electrons. The Morgan fingerprint density at radius 2 is 0.864 bits per heavy atom. The van der Waals surface area contributed by atoms with Crippen molar-refractivity contribution in [1.29, 1.82) is 5.41 Å². The zero-order valence-electron chi connectivity index (χ0n) is 28.9. The van der Waals surface area contributed by atoms with Gasteiger partial charge in [0.15, 0.2) is 5.96 Å². The summed E-state index contributed by atoms with van der Waals surface area (Å²) in [5.41, 5.74) is 5.36. The molecule has 0 radical (unpaired) electrons. The second kappa shape index (κ2) is 35.8. The van der Waals surface area contributed by atoms with E-state index in [1.165, 1.54) is 128 Å². The number of nitrogens with two attached hydrogens (primary N) is 1. The van der Waals surface area contributed by atoms with Crippen molar-refractivity contribution >= 4 is 30.3 Å². The number of unbranched alkanes of at least 4 members (excludes halogenated alkanes) is 22. The Bertz CT molecular complexity index is 653. The molecule has 0 aromatic carbocycles. The fourth-order valence-electron chi connectivity index (χ4n) is 5.48. The average molecular weight is 645 g/mol. The van der Waals surface area contributed by atoms with E-state index in [0.717, 1.165) is 25.7 Å². The molecule has 0 fully saturated rings. The molecule has 1 atom stereocenters. The van der Waals surface area contributed by atoms with Gasteiger partial charge in [-0.05, 0) is 25.7 Å². The Balaban J connectivity index is 0. The molecule has 0 aliphatic carbocycles. The number of rotatable bonds is 32. The number of carbonyl (C=O) groups is 2. The van der Waals surface area contributed by atoms with Gasteiger partial charge in [0.05, 0.1) is 0 Å². The van der Waals surface area contributed by atoms with Crippen LogP contribution in [0, 0.1) is 5.41 Å². The van der Waals surface area contributed by atoms with Crippen LogP contribution >= 0.6 is 12.4 Å². The monoisotopic (exact) mass is 645 g/mol. The van der Waals surface area contributed by atoms with Gasteiger partial charge in [0.1, 0.15) is 6.04 Å². The number of amides is 3. The molecule has 0 heterocycles. The topological polar surface area (TPSA) is 132 Å². The molecule has 3 amide bonds. The normalized spacial score (nSPS) is 11.4. The van der Waals surface area contributed by atoms with Gasteiger partial charge in [-0.15, -0.1) is 12.4 Å². The van der Waals surface area contributed by atoms with Gasteiger partial charge in [-0.1, -0.05) is 155 Å². The molecule has 7 N–H and O–H groups in total. The van der Waals surface area contributed by atoms with Crippen molar-refractivity contribution in [2.45, 2.75) is 187 Å². The molecule has 0 rings (SSSR count). The Morgan fingerprint density at radius 3 is 1.25 bits per heavy atom. The number of nitrogens with one attached hydrogen (secondary N) is 5. The minimum Gasteiger partial charge on any atom is -0.370 e. The predicted octanol–water partition coefficient (Wildman–Crippen LogP) is 8.86. The maximum absolute atomic E-state index is 12.8. The highest BCUT2D eigenvalue weighted by atomic mass is 35.5. The third-order valence-corrected chi connectivity index (χ3v) is 8.25. The van der Waals surface area contributed by atoms with Crippen LogP contribution in [0.15, 0.2) is 0 Å². The molecule has 44 heavy (non-hydrogen) atoms. The van der Waals surface area contributed by atoms with Crippen LogP contribution in [0.3, 0.4) is 0 Å². The van der Waals surface area contributed by atoms with Crippen LogP contribution in [0.5, 0.6) is 0 Å². The van der Waals surface area contributed by atoms with Crippen molar-refractivity contribution in [2.24, 2.45) is 5.73 Å². The van der Waals surface area contributed by atoms with Crippen molar-refractivity contribution < 1.29 is 9.59 Å². The zero-order chi connectivity index (χ0) is 31.6. The smallest absolute Gasteiger partial charge is 0.315 e. The number of guanidine groups is 1. The Morgan fingerprint density at radius 1 is 0.523 bits per heavy atom. The standard InChI is InChI=1S/C35H72N6O2.ClH/c1-3-5-7-9-11-13-15-16-17-18-20-22-24-26-30-40-35(43)41-32(28-27-31-39-34(36)37)33(42)38-29-25-23-21-19-14-12-10-8-6-4-2;/h32H,3-31H2,1-2H3,(H,38,42)(H4,36,37,39)(H2,40,41,43);1H. The third-order valence-electron chi connectivity index (χ3n) is 8.25. The number of halogens is 1. The highest BCUT2D eigenvalue weighted by Gasteiger charge is 2.20. The molecule has 0 aromatic rings. The van der Waals surface area contributed by atoms with E-state index in [1.807, 2.05) is 0 Å². The van der Waals surface area contributed by atoms with Crippen molar-refractivity contribution in [3.8, 4) is 0 Å². The summed E-state index contributed by atoms with van der Waals surface area (Å²) in [5.74, 6) is -0.216. The highest BCUT2D eigenvalue weighted by Crippen LogP contribution is 2.13. The quantitative estimate of drug-likeness (QED) is 0.0248. The van der Waals surface area contributed by atoms with E-state index in [4.69, 9.17) is 11.1 Å². The molecular formula is C35H73ClN6O2. The maximum atomic E-state index is 12.8. The van der Waals surface area contributed by atoms with Crippen LogP contribution in [0.25, 0.3) is 0 Å². The van der Waals surface area contributed by atoms with Gasteiger partial charge >= 0.3 is 6.03 Å². The molecule has 0 saturated heterocycles. The van der Waals surface area contributed by atoms with Gasteiger partial charge < -0.3 is 27.0 Å². The van der Waals surface area contributed by atoms with Crippen LogP contribution in [-0.2, 0) is 4.79 Å². The van der Waals surface area contributed by atoms with Crippen molar-refractivity contribution in [1.82, 2.24) is 21.3 Å². The largest absolute Gasteiger partial charge is 0.370 e. The number of hydrogen-bond acceptors (Lipinski definition) is 3. The summed E-state index contributed by atoms with van der Waals surface area (Å²) < 4.78 is 0. The van der Waals surface area contributed by atoms with E-state index in [2.05, 4.69) is 35.1 Å². The van der Waals surface area contributed by atoms with Gasteiger partial charge in [-0.2, -0.15) is 0 Å². The lowest BCUT2D eigenvalue weighted by molar-refractivity contribution is -0.123. The summed E-state index contributed by atoms with van der Waals surface area (Å²) >= 11 is 0. The fraction of sp³-hybridized carbons (Fsp3) is 0.914. The van der Waals surface area contributed by atoms with E-state index in [0.29, 0.717) is 32.5 Å². The molecule has 0 aliphatic rings. The zero-order valence-corrected chi connectivity index (χ0v) is 29.7. The Kier molecular flexibility index (Phi) is 36.1. The van der Waals surface area contributed by atoms with Crippen LogP contribution < -0.4 is 27.0 Å². The minimum absolute atomic E-state index is 0. The van der Waals surface area contributed by atoms with Crippen LogP contribution in [0.1, 0.15) is 181 Å². The number of hydrogen-bond donors (Lipinski definition) is 6. The summed E-state index contributed by atoms with van der Waals surface area (Å²) in [6.45, 7) is 6.29. The fourth-order valence-corrected chi connectivity index (χ4v) is 5.48. The van der Waals surface area contributed by atoms with Crippen LogP contribution in [-0.4, -0.2) is 43.6 Å². The number of carbonyl (C=O) groups excluding carboxylic acids is 2. The van der Waals surface area contributed by atoms with Gasteiger partial charge in [0.25, 0.3) is 0 Å². The first-order chi connectivity index (χ1) is 21.0. The molecule has 0 bridgehead atoms. The molecule has 0 aliphatic heterocycles. The third kappa shape index (κ3) is 33.2. The first kappa shape index (κ1) is 44.4. The Labute approximate surface area is 278 Å². The summed E-state index contributed by atoms with van der Waals surface area (Å²) in [6, 6.07) is -0.874. The molecular weight excluding hydrogens is 572 g/mol. The summed E-state index contributed by atoms with van der Waals surface area (Å²) in [6.07, 6.45) is 32.0. The predicted molar refractivity (Wildman–Crippen MR) is 192 cm³/mol. The van der Waals surface area contributed by atoms with Crippen molar-refractivity contribution in [3.05, 3.63) is 0 Å². The van der Waals surface area contributed by atoms with E-state index in [9.17, 15) is 9.59 Å². The molecule has 0 saturated carbocycles. The lowest BCUT2D eigenvalue weighted by Crippen LogP contribution is -2.50. The van der Waals surface area contributed by atoms with Gasteiger partial charge in [0.2, 0.25) is 5.91 Å². The van der Waals surface area contributed by atoms with E-state index in [-0.39, 0.29) is 30.3 Å². The summed E-state index contributed by atoms with van der Waals surface area (Å²) in [4.78, 5) is 25.4. The van der Waals surface area contributed by atoms with Gasteiger partial charge in [0, 0.05) is 19.6 Å². The van der Waals surface area contributed by atoms with Gasteiger partial charge in [-0.25, -0.2) is 4.79 Å². The average Bonchev–Trinajstić information content (AvgIpc) is 2.99. The van der Waals surface area contributed by atoms with Crippen molar-refractivity contribution in [2.75, 3.05) is 19.6 Å². The Hall–Kier alpha value is -1.70. The molecule has 8 nitrogen and oxygen atoms in total. The summed E-state index contributed by atoms with van der Waals surface area (Å²) in [7, 11) is 0. The van der Waals surface area contributed by atoms with Crippen LogP contribution in [0.4, 0.5) is 4.79 Å². The summed E-state index contributed by atoms with van der Waals surface area (Å²) in [5, 5.41) is 18.9. The molecule has 0 aromatic heterocycles. The SMILES string of the molecule is CCCCCCCCCCCCCCCCNC(=O)NC(CCCNC(=N)N)C(=O)NCCCCCCCCCCCC.Cl. The first-order valence-electron chi connectivity index (χ1n) is 18.4. The minimum atomic E-state index is -0.590. The molecule has 9 heteroatoms.